The van der Waals surface area contributed by atoms with Gasteiger partial charge in [-0.05, 0) is 57.2 Å². The Morgan fingerprint density at radius 2 is 1.68 bits per heavy atom. The first-order valence-electron chi connectivity index (χ1n) is 11.6. The van der Waals surface area contributed by atoms with Crippen LogP contribution < -0.4 is 15.4 Å². The Bertz CT molecular complexity index is 1190. The van der Waals surface area contributed by atoms with Gasteiger partial charge in [-0.2, -0.15) is 9.78 Å². The van der Waals surface area contributed by atoms with Gasteiger partial charge in [0.1, 0.15) is 5.02 Å². The summed E-state index contributed by atoms with van der Waals surface area (Å²) in [6.07, 6.45) is 1.63. The van der Waals surface area contributed by atoms with E-state index in [0.29, 0.717) is 49.2 Å². The van der Waals surface area contributed by atoms with E-state index < -0.39 is 0 Å². The fourth-order valence-corrected chi connectivity index (χ4v) is 4.62. The third kappa shape index (κ3) is 4.80. The van der Waals surface area contributed by atoms with Crippen LogP contribution in [0.5, 0.6) is 0 Å². The number of hydrogen-bond acceptors (Lipinski definition) is 5. The fraction of sp³-hybridized carbons (Fsp3) is 0.346. The minimum Gasteiger partial charge on any atom is -0.369 e. The molecule has 2 aromatic carbocycles. The number of carbonyl (C=O) groups is 1. The Morgan fingerprint density at radius 3 is 2.26 bits per heavy atom. The average molecular weight is 480 g/mol. The van der Waals surface area contributed by atoms with E-state index in [-0.39, 0.29) is 16.5 Å². The second-order valence-electron chi connectivity index (χ2n) is 8.60. The molecule has 0 unspecified atom stereocenters. The van der Waals surface area contributed by atoms with Gasteiger partial charge in [-0.15, -0.1) is 0 Å². The maximum atomic E-state index is 13.1. The van der Waals surface area contributed by atoms with Crippen molar-refractivity contribution in [2.45, 2.75) is 26.8 Å². The Labute approximate surface area is 205 Å². The van der Waals surface area contributed by atoms with Crippen LogP contribution in [0.4, 0.5) is 11.4 Å². The molecule has 4 rings (SSSR count). The quantitative estimate of drug-likeness (QED) is 0.533. The largest absolute Gasteiger partial charge is 0.369 e. The lowest BCUT2D eigenvalue weighted by Crippen LogP contribution is -2.49. The second kappa shape index (κ2) is 10.3. The van der Waals surface area contributed by atoms with Crippen LogP contribution in [-0.4, -0.2) is 59.4 Å². The highest BCUT2D eigenvalue weighted by Gasteiger charge is 2.25. The standard InChI is InChI=1S/C26H30ClN5O2/c1-4-31(19(2)3)21-12-10-20(11-13-21)25(33)30-16-14-29(15-17-30)23-18-28-32(26(34)24(23)27)22-8-6-5-7-9-22/h5-13,18-19H,4,14-17H2,1-3H3. The van der Waals surface area contributed by atoms with E-state index in [4.69, 9.17) is 11.6 Å². The Kier molecular flexibility index (Phi) is 7.22. The topological polar surface area (TPSA) is 61.7 Å². The monoisotopic (exact) mass is 479 g/mol. The number of carbonyl (C=O) groups excluding carboxylic acids is 1. The summed E-state index contributed by atoms with van der Waals surface area (Å²) in [6.45, 7) is 9.62. The molecule has 0 N–H and O–H groups in total. The number of amides is 1. The van der Waals surface area contributed by atoms with E-state index in [1.807, 2.05) is 64.4 Å². The number of para-hydroxylation sites is 1. The van der Waals surface area contributed by atoms with Gasteiger partial charge in [0.15, 0.2) is 0 Å². The molecule has 0 aliphatic carbocycles. The van der Waals surface area contributed by atoms with Gasteiger partial charge in [-0.3, -0.25) is 9.59 Å². The van der Waals surface area contributed by atoms with E-state index in [1.54, 1.807) is 6.20 Å². The molecule has 1 amide bonds. The van der Waals surface area contributed by atoms with Crippen molar-refractivity contribution in [3.8, 4) is 5.69 Å². The molecule has 0 saturated carbocycles. The van der Waals surface area contributed by atoms with Gasteiger partial charge in [-0.25, -0.2) is 0 Å². The maximum Gasteiger partial charge on any atom is 0.292 e. The van der Waals surface area contributed by atoms with E-state index in [2.05, 4.69) is 30.8 Å². The van der Waals surface area contributed by atoms with Crippen LogP contribution in [-0.2, 0) is 0 Å². The lowest BCUT2D eigenvalue weighted by molar-refractivity contribution is 0.0747. The SMILES string of the molecule is CCN(c1ccc(C(=O)N2CCN(c3cnn(-c4ccccc4)c(=O)c3Cl)CC2)cc1)C(C)C. The molecule has 1 saturated heterocycles. The van der Waals surface area contributed by atoms with Crippen molar-refractivity contribution < 1.29 is 4.79 Å². The summed E-state index contributed by atoms with van der Waals surface area (Å²) in [4.78, 5) is 32.0. The van der Waals surface area contributed by atoms with Gasteiger partial charge in [0, 0.05) is 50.0 Å². The van der Waals surface area contributed by atoms with Gasteiger partial charge in [0.25, 0.3) is 11.5 Å². The second-order valence-corrected chi connectivity index (χ2v) is 8.98. The van der Waals surface area contributed by atoms with Gasteiger partial charge >= 0.3 is 0 Å². The number of rotatable bonds is 6. The molecule has 0 bridgehead atoms. The van der Waals surface area contributed by atoms with Gasteiger partial charge < -0.3 is 14.7 Å². The number of anilines is 2. The molecular weight excluding hydrogens is 450 g/mol. The zero-order valence-electron chi connectivity index (χ0n) is 19.8. The molecule has 8 heteroatoms. The van der Waals surface area contributed by atoms with Crippen LogP contribution in [0, 0.1) is 0 Å². The summed E-state index contributed by atoms with van der Waals surface area (Å²) in [5.41, 5.74) is 2.71. The minimum absolute atomic E-state index is 0.0162. The third-order valence-electron chi connectivity index (χ3n) is 6.22. The first-order chi connectivity index (χ1) is 16.4. The zero-order valence-corrected chi connectivity index (χ0v) is 20.6. The normalized spacial score (nSPS) is 13.9. The number of aromatic nitrogens is 2. The van der Waals surface area contributed by atoms with E-state index in [0.717, 1.165) is 12.2 Å². The van der Waals surface area contributed by atoms with Crippen LogP contribution in [0.3, 0.4) is 0 Å². The number of nitrogens with zero attached hydrogens (tertiary/aromatic N) is 5. The Morgan fingerprint density at radius 1 is 1.03 bits per heavy atom. The van der Waals surface area contributed by atoms with Crippen LogP contribution >= 0.6 is 11.6 Å². The highest BCUT2D eigenvalue weighted by molar-refractivity contribution is 6.33. The molecule has 0 atom stereocenters. The molecule has 7 nitrogen and oxygen atoms in total. The first kappa shape index (κ1) is 23.8. The van der Waals surface area contributed by atoms with Gasteiger partial charge in [-0.1, -0.05) is 29.8 Å². The van der Waals surface area contributed by atoms with E-state index >= 15 is 0 Å². The van der Waals surface area contributed by atoms with Crippen LogP contribution in [0.2, 0.25) is 5.02 Å². The van der Waals surface area contributed by atoms with Crippen LogP contribution in [0.15, 0.2) is 65.6 Å². The summed E-state index contributed by atoms with van der Waals surface area (Å²) >= 11 is 6.45. The summed E-state index contributed by atoms with van der Waals surface area (Å²) < 4.78 is 1.30. The summed E-state index contributed by atoms with van der Waals surface area (Å²) in [6, 6.07) is 17.4. The minimum atomic E-state index is -0.355. The van der Waals surface area contributed by atoms with Crippen LogP contribution in [0.1, 0.15) is 31.1 Å². The van der Waals surface area contributed by atoms with Crippen molar-refractivity contribution in [3.63, 3.8) is 0 Å². The molecule has 3 aromatic rings. The predicted molar refractivity (Wildman–Crippen MR) is 138 cm³/mol. The molecule has 1 aromatic heterocycles. The molecule has 1 aliphatic heterocycles. The Hall–Kier alpha value is -3.32. The molecule has 1 fully saturated rings. The predicted octanol–water partition coefficient (Wildman–Crippen LogP) is 4.08. The van der Waals surface area contributed by atoms with Crippen molar-refractivity contribution >= 4 is 28.9 Å². The maximum absolute atomic E-state index is 13.1. The third-order valence-corrected chi connectivity index (χ3v) is 6.57. The highest BCUT2D eigenvalue weighted by Crippen LogP contribution is 2.24. The van der Waals surface area contributed by atoms with Crippen molar-refractivity contribution in [3.05, 3.63) is 81.7 Å². The van der Waals surface area contributed by atoms with Crippen molar-refractivity contribution in [2.24, 2.45) is 0 Å². The lowest BCUT2D eigenvalue weighted by atomic mass is 10.1. The number of hydrogen-bond donors (Lipinski definition) is 0. The zero-order chi connectivity index (χ0) is 24.2. The van der Waals surface area contributed by atoms with Crippen molar-refractivity contribution in [1.82, 2.24) is 14.7 Å². The average Bonchev–Trinajstić information content (AvgIpc) is 2.86. The Balaban J connectivity index is 1.43. The van der Waals surface area contributed by atoms with Crippen molar-refractivity contribution in [2.75, 3.05) is 42.5 Å². The molecule has 0 spiro atoms. The molecular formula is C26H30ClN5O2. The fourth-order valence-electron chi connectivity index (χ4n) is 4.37. The molecule has 0 radical (unpaired) electrons. The molecule has 1 aliphatic rings. The summed E-state index contributed by atoms with van der Waals surface area (Å²) in [5, 5.41) is 4.46. The number of benzene rings is 2. The van der Waals surface area contributed by atoms with Gasteiger partial charge in [0.2, 0.25) is 0 Å². The lowest BCUT2D eigenvalue weighted by Gasteiger charge is -2.36. The molecule has 2 heterocycles. The van der Waals surface area contributed by atoms with Crippen molar-refractivity contribution in [1.29, 1.82) is 0 Å². The molecule has 178 valence electrons. The van der Waals surface area contributed by atoms with Crippen LogP contribution in [0.25, 0.3) is 5.69 Å². The first-order valence-corrected chi connectivity index (χ1v) is 12.0. The van der Waals surface area contributed by atoms with Gasteiger partial charge in [0.05, 0.1) is 17.6 Å². The van der Waals surface area contributed by atoms with E-state index in [1.165, 1.54) is 4.68 Å². The summed E-state index contributed by atoms with van der Waals surface area (Å²) in [7, 11) is 0. The number of halogens is 1. The van der Waals surface area contributed by atoms with E-state index in [9.17, 15) is 9.59 Å². The molecule has 34 heavy (non-hydrogen) atoms. The summed E-state index contributed by atoms with van der Waals surface area (Å²) in [5.74, 6) is 0.0162. The number of piperazine rings is 1. The smallest absolute Gasteiger partial charge is 0.292 e. The highest BCUT2D eigenvalue weighted by atomic mass is 35.5.